The number of fused-ring (bicyclic) bond motifs is 3. The van der Waals surface area contributed by atoms with Crippen molar-refractivity contribution < 1.29 is 40.9 Å². The number of rotatable bonds is 8. The number of nitrogens with zero attached hydrogens (tertiary/aromatic N) is 1. The molecular weight excluding hydrogens is 827 g/mol. The largest absolute Gasteiger partial charge is 0.504 e. The third-order valence-corrected chi connectivity index (χ3v) is 12.7. The molecule has 66 heavy (non-hydrogen) atoms. The Hall–Kier alpha value is -8.82. The number of hydrogen-bond donors (Lipinski definition) is 8. The van der Waals surface area contributed by atoms with Crippen LogP contribution < -0.4 is 4.90 Å². The fourth-order valence-corrected chi connectivity index (χ4v) is 9.35. The Bertz CT molecular complexity index is 3130. The van der Waals surface area contributed by atoms with Gasteiger partial charge >= 0.3 is 0 Å². The van der Waals surface area contributed by atoms with Gasteiger partial charge in [0.25, 0.3) is 0 Å². The smallest absolute Gasteiger partial charge is 0.186 e. The Morgan fingerprint density at radius 2 is 0.636 bits per heavy atom. The molecule has 0 fully saturated rings. The minimum Gasteiger partial charge on any atom is -0.504 e. The normalized spacial score (nSPS) is 12.4. The van der Waals surface area contributed by atoms with Crippen LogP contribution in [0.1, 0.15) is 25.0 Å². The molecule has 0 aromatic heterocycles. The van der Waals surface area contributed by atoms with E-state index in [2.05, 4.69) is 74.5 Å². The number of hydrogen-bond acceptors (Lipinski definition) is 9. The quantitative estimate of drug-likeness (QED) is 0.0548. The monoisotopic (exact) mass is 869 g/mol. The van der Waals surface area contributed by atoms with Crippen LogP contribution in [-0.4, -0.2) is 40.9 Å². The van der Waals surface area contributed by atoms with Gasteiger partial charge in [0.05, 0.1) is 11.1 Å². The molecule has 0 heterocycles. The zero-order valence-electron chi connectivity index (χ0n) is 35.8. The fourth-order valence-electron chi connectivity index (χ4n) is 9.35. The van der Waals surface area contributed by atoms with Gasteiger partial charge in [-0.25, -0.2) is 0 Å². The van der Waals surface area contributed by atoms with Crippen molar-refractivity contribution in [3.8, 4) is 113 Å². The number of phenols is 8. The van der Waals surface area contributed by atoms with Crippen LogP contribution in [0.4, 0.5) is 17.1 Å². The average Bonchev–Trinajstić information content (AvgIpc) is 3.58. The molecule has 0 bridgehead atoms. The zero-order valence-corrected chi connectivity index (χ0v) is 35.8. The SMILES string of the molecule is CC1(C)c2cc(-c3cc(-c4ccccc4)cc(-c4ccccc4)c3)ccc2-c2ccc(N(c3c(O)c(O)c(-c4ccccc4)c(O)c3O)c3c(O)c(O)c(-c4ccccc4)c(O)c3O)cc21. The highest BCUT2D eigenvalue weighted by molar-refractivity contribution is 6.00. The zero-order chi connectivity index (χ0) is 46.0. The van der Waals surface area contributed by atoms with Crippen LogP contribution in [-0.2, 0) is 5.41 Å². The second kappa shape index (κ2) is 15.8. The Labute approximate surface area is 380 Å². The van der Waals surface area contributed by atoms with Gasteiger partial charge in [0, 0.05) is 11.1 Å². The van der Waals surface area contributed by atoms with Crippen molar-refractivity contribution in [3.05, 3.63) is 187 Å². The first-order valence-electron chi connectivity index (χ1n) is 21.3. The highest BCUT2D eigenvalue weighted by atomic mass is 16.3. The molecule has 0 aliphatic heterocycles. The molecule has 0 saturated carbocycles. The Kier molecular flexibility index (Phi) is 9.84. The van der Waals surface area contributed by atoms with E-state index < -0.39 is 62.8 Å². The van der Waals surface area contributed by atoms with Gasteiger partial charge < -0.3 is 40.9 Å². The molecule has 0 radical (unpaired) electrons. The molecule has 9 heteroatoms. The van der Waals surface area contributed by atoms with Gasteiger partial charge in [-0.15, -0.1) is 0 Å². The lowest BCUT2D eigenvalue weighted by Crippen LogP contribution is -2.17. The fraction of sp³-hybridized carbons (Fsp3) is 0.0526. The minimum atomic E-state index is -0.936. The first-order chi connectivity index (χ1) is 31.8. The highest BCUT2D eigenvalue weighted by Crippen LogP contribution is 2.64. The van der Waals surface area contributed by atoms with E-state index in [1.54, 1.807) is 72.8 Å². The van der Waals surface area contributed by atoms with E-state index in [9.17, 15) is 40.9 Å². The summed E-state index contributed by atoms with van der Waals surface area (Å²) in [6.45, 7) is 4.13. The summed E-state index contributed by atoms with van der Waals surface area (Å²) in [5, 5.41) is 94.0. The second-order valence-electron chi connectivity index (χ2n) is 16.9. The molecule has 10 rings (SSSR count). The van der Waals surface area contributed by atoms with Crippen LogP contribution >= 0.6 is 0 Å². The van der Waals surface area contributed by atoms with Crippen molar-refractivity contribution in [2.24, 2.45) is 0 Å². The average molecular weight is 870 g/mol. The van der Waals surface area contributed by atoms with E-state index in [1.807, 2.05) is 42.5 Å². The first kappa shape index (κ1) is 41.2. The molecule has 0 atom stereocenters. The second-order valence-corrected chi connectivity index (χ2v) is 16.9. The van der Waals surface area contributed by atoms with E-state index in [-0.39, 0.29) is 27.9 Å². The van der Waals surface area contributed by atoms with Crippen LogP contribution in [0.5, 0.6) is 46.0 Å². The summed E-state index contributed by atoms with van der Waals surface area (Å²) in [5.74, 6) is -7.03. The third kappa shape index (κ3) is 6.56. The topological polar surface area (TPSA) is 165 Å². The van der Waals surface area contributed by atoms with Gasteiger partial charge in [-0.1, -0.05) is 153 Å². The molecule has 8 N–H and O–H groups in total. The molecule has 0 spiro atoms. The molecule has 1 aliphatic carbocycles. The van der Waals surface area contributed by atoms with Crippen molar-refractivity contribution in [2.75, 3.05) is 4.90 Å². The molecule has 1 aliphatic rings. The molecule has 9 nitrogen and oxygen atoms in total. The van der Waals surface area contributed by atoms with Crippen molar-refractivity contribution in [3.63, 3.8) is 0 Å². The lowest BCUT2D eigenvalue weighted by molar-refractivity contribution is 0.372. The van der Waals surface area contributed by atoms with Crippen LogP contribution in [0, 0.1) is 0 Å². The van der Waals surface area contributed by atoms with Crippen molar-refractivity contribution in [1.29, 1.82) is 0 Å². The third-order valence-electron chi connectivity index (χ3n) is 12.7. The van der Waals surface area contributed by atoms with Crippen molar-refractivity contribution >= 4 is 17.1 Å². The van der Waals surface area contributed by atoms with Crippen LogP contribution in [0.3, 0.4) is 0 Å². The standard InChI is InChI=1S/C57H43NO8/c1-57(2)43-30-36(39-28-37(32-15-7-3-8-16-32)27-38(29-39)33-17-9-4-10-18-33)23-25-41(43)42-26-24-40(31-44(42)57)58(47-53(63)49(59)45(50(60)54(47)64)34-19-11-5-12-20-34)48-55(65)51(61)46(52(62)56(48)66)35-21-13-6-14-22-35/h3-31,59-66H,1-2H3. The number of benzene rings is 9. The molecule has 0 amide bonds. The minimum absolute atomic E-state index is 0.103. The molecule has 9 aromatic rings. The van der Waals surface area contributed by atoms with E-state index in [0.29, 0.717) is 0 Å². The van der Waals surface area contributed by atoms with E-state index in [4.69, 9.17) is 0 Å². The Morgan fingerprint density at radius 1 is 0.303 bits per heavy atom. The maximum Gasteiger partial charge on any atom is 0.186 e. The van der Waals surface area contributed by atoms with Crippen LogP contribution in [0.15, 0.2) is 176 Å². The summed E-state index contributed by atoms with van der Waals surface area (Å²) in [4.78, 5) is 0.989. The number of aromatic hydroxyl groups is 8. The van der Waals surface area contributed by atoms with Gasteiger partial charge in [-0.3, -0.25) is 4.90 Å². The predicted molar refractivity (Wildman–Crippen MR) is 259 cm³/mol. The van der Waals surface area contributed by atoms with Gasteiger partial charge in [0.15, 0.2) is 46.0 Å². The first-order valence-corrected chi connectivity index (χ1v) is 21.3. The summed E-state index contributed by atoms with van der Waals surface area (Å²) in [6, 6.07) is 54.9. The summed E-state index contributed by atoms with van der Waals surface area (Å²) >= 11 is 0. The summed E-state index contributed by atoms with van der Waals surface area (Å²) in [7, 11) is 0. The molecule has 0 unspecified atom stereocenters. The van der Waals surface area contributed by atoms with Gasteiger partial charge in [-0.05, 0) is 103 Å². The van der Waals surface area contributed by atoms with Crippen LogP contribution in [0.2, 0.25) is 0 Å². The maximum atomic E-state index is 11.9. The molecule has 9 aromatic carbocycles. The van der Waals surface area contributed by atoms with Crippen molar-refractivity contribution in [1.82, 2.24) is 0 Å². The van der Waals surface area contributed by atoms with E-state index in [0.717, 1.165) is 60.5 Å². The van der Waals surface area contributed by atoms with Gasteiger partial charge in [0.1, 0.15) is 11.4 Å². The predicted octanol–water partition coefficient (Wildman–Crippen LogP) is 13.4. The lowest BCUT2D eigenvalue weighted by atomic mass is 9.81. The lowest BCUT2D eigenvalue weighted by Gasteiger charge is -2.31. The number of anilines is 3. The summed E-state index contributed by atoms with van der Waals surface area (Å²) < 4.78 is 0. The van der Waals surface area contributed by atoms with Gasteiger partial charge in [-0.2, -0.15) is 0 Å². The van der Waals surface area contributed by atoms with E-state index >= 15 is 0 Å². The van der Waals surface area contributed by atoms with Crippen LogP contribution in [0.25, 0.3) is 66.8 Å². The molecule has 324 valence electrons. The van der Waals surface area contributed by atoms with Crippen molar-refractivity contribution in [2.45, 2.75) is 19.3 Å². The Morgan fingerprint density at radius 3 is 1.03 bits per heavy atom. The molecule has 0 saturated heterocycles. The summed E-state index contributed by atoms with van der Waals surface area (Å²) in [6.07, 6.45) is 0. The van der Waals surface area contributed by atoms with E-state index in [1.165, 1.54) is 0 Å². The maximum absolute atomic E-state index is 11.9. The summed E-state index contributed by atoms with van der Waals surface area (Å²) in [5.41, 5.74) is 8.00. The molecular formula is C57H43NO8. The number of phenolic OH excluding ortho intramolecular Hbond substituents is 8. The highest BCUT2D eigenvalue weighted by Gasteiger charge is 2.39. The Balaban J connectivity index is 1.15. The van der Waals surface area contributed by atoms with Gasteiger partial charge in [0.2, 0.25) is 0 Å².